The zero-order chi connectivity index (χ0) is 33.6. The number of halogens is 12. The molecule has 0 N–H and O–H groups in total. The van der Waals surface area contributed by atoms with Crippen molar-refractivity contribution in [1.29, 1.82) is 0 Å². The van der Waals surface area contributed by atoms with E-state index in [4.69, 9.17) is 0 Å². The Balaban J connectivity index is 2.16. The quantitative estimate of drug-likeness (QED) is 0.181. The molecular weight excluding hydrogens is 643 g/mol. The van der Waals surface area contributed by atoms with E-state index >= 15 is 0 Å². The third-order valence-electron chi connectivity index (χ3n) is 8.05. The average Bonchev–Trinajstić information content (AvgIpc) is 2.92. The molecule has 3 aromatic rings. The zero-order valence-electron chi connectivity index (χ0n) is 23.7. The van der Waals surface area contributed by atoms with Gasteiger partial charge in [-0.25, -0.2) is 0 Å². The van der Waals surface area contributed by atoms with Gasteiger partial charge in [-0.15, -0.1) is 0 Å². The van der Waals surface area contributed by atoms with Crippen LogP contribution in [0.3, 0.4) is 0 Å². The van der Waals surface area contributed by atoms with Crippen LogP contribution in [-0.2, 0) is 18.5 Å². The molecule has 0 aliphatic heterocycles. The molecule has 1 aliphatic rings. The summed E-state index contributed by atoms with van der Waals surface area (Å²) in [4.78, 5) is 0. The molecule has 0 saturated heterocycles. The Hall–Kier alpha value is -3.27. The van der Waals surface area contributed by atoms with Crippen molar-refractivity contribution in [2.24, 2.45) is 5.92 Å². The van der Waals surface area contributed by atoms with Gasteiger partial charge in [-0.3, -0.25) is 0 Å². The van der Waals surface area contributed by atoms with Crippen LogP contribution in [0, 0.1) is 5.92 Å². The number of allylic oxidation sites excluding steroid dienone is 4. The van der Waals surface area contributed by atoms with Crippen molar-refractivity contribution in [1.82, 2.24) is 0 Å². The summed E-state index contributed by atoms with van der Waals surface area (Å²) in [6.45, 7) is 3.51. The van der Waals surface area contributed by atoms with Crippen LogP contribution in [-0.4, -0.2) is 11.3 Å². The minimum atomic E-state index is -4.77. The van der Waals surface area contributed by atoms with Crippen molar-refractivity contribution in [2.45, 2.75) is 56.6 Å². The van der Waals surface area contributed by atoms with Gasteiger partial charge in [0.1, 0.15) is 0 Å². The maximum absolute atomic E-state index is 13.8. The first-order valence-electron chi connectivity index (χ1n) is 13.6. The summed E-state index contributed by atoms with van der Waals surface area (Å²) in [5.74, 6) is -0.263. The van der Waals surface area contributed by atoms with Crippen molar-refractivity contribution >= 4 is 23.2 Å². The molecule has 244 valence electrons. The predicted molar refractivity (Wildman–Crippen MR) is 152 cm³/mol. The van der Waals surface area contributed by atoms with E-state index in [0.29, 0.717) is 0 Å². The van der Waals surface area contributed by atoms with Crippen LogP contribution in [0.2, 0.25) is 0 Å². The Morgan fingerprint density at radius 1 is 0.556 bits per heavy atom. The van der Waals surface area contributed by atoms with Crippen LogP contribution in [0.1, 0.15) is 43.4 Å². The fourth-order valence-electron chi connectivity index (χ4n) is 6.29. The summed E-state index contributed by atoms with van der Waals surface area (Å²) >= 11 is 0. The standard InChI is InChI=1S/C32H27F12P/c1-20(2)19-28(17-15-24(16-18-28)32(42,43)44)45(25-9-3-21(4-10-25)29(33,34)35,26-11-5-22(6-12-26)30(36,37)38)27-13-7-23(8-14-27)31(39,40)41/h3-17,20,45H,18-19H2,1-2H3. The number of benzene rings is 3. The van der Waals surface area contributed by atoms with Crippen molar-refractivity contribution < 1.29 is 52.7 Å². The molecule has 0 aromatic heterocycles. The summed E-state index contributed by atoms with van der Waals surface area (Å²) in [6, 6.07) is 11.3. The van der Waals surface area contributed by atoms with E-state index in [9.17, 15) is 52.7 Å². The zero-order valence-corrected chi connectivity index (χ0v) is 24.7. The number of alkyl halides is 12. The van der Waals surface area contributed by atoms with Gasteiger partial charge < -0.3 is 0 Å². The molecule has 0 fully saturated rings. The van der Waals surface area contributed by atoms with Gasteiger partial charge in [0.2, 0.25) is 0 Å². The molecule has 1 aliphatic carbocycles. The molecule has 0 spiro atoms. The second kappa shape index (κ2) is 11.8. The van der Waals surface area contributed by atoms with Gasteiger partial charge in [0, 0.05) is 0 Å². The van der Waals surface area contributed by atoms with Crippen LogP contribution in [0.4, 0.5) is 52.7 Å². The molecule has 1 atom stereocenters. The topological polar surface area (TPSA) is 0 Å². The Morgan fingerprint density at radius 2 is 0.889 bits per heavy atom. The summed E-state index contributed by atoms with van der Waals surface area (Å²) in [6.07, 6.45) is -16.2. The van der Waals surface area contributed by atoms with Gasteiger partial charge >= 0.3 is 252 Å². The molecule has 3 aromatic carbocycles. The monoisotopic (exact) mass is 670 g/mol. The fourth-order valence-corrected chi connectivity index (χ4v) is 12.5. The molecule has 0 saturated carbocycles. The molecule has 45 heavy (non-hydrogen) atoms. The molecule has 0 radical (unpaired) electrons. The van der Waals surface area contributed by atoms with Crippen LogP contribution in [0.25, 0.3) is 0 Å². The van der Waals surface area contributed by atoms with E-state index in [1.165, 1.54) is 6.08 Å². The SMILES string of the molecule is CC(C)CC1([PH](c2ccc(C(F)(F)F)cc2)(c2ccc(C(F)(F)F)cc2)c2ccc(C(F)(F)F)cc2)C=CC(C(F)(F)F)=CC1. The van der Waals surface area contributed by atoms with Crippen molar-refractivity contribution in [3.8, 4) is 0 Å². The van der Waals surface area contributed by atoms with Crippen LogP contribution in [0.15, 0.2) is 96.6 Å². The second-order valence-corrected chi connectivity index (χ2v) is 15.7. The number of rotatable bonds is 6. The first-order chi connectivity index (χ1) is 20.6. The third-order valence-corrected chi connectivity index (χ3v) is 13.7. The van der Waals surface area contributed by atoms with E-state index in [1.807, 2.05) is 0 Å². The summed E-state index contributed by atoms with van der Waals surface area (Å²) in [5, 5.41) is -0.854. The van der Waals surface area contributed by atoms with Gasteiger partial charge in [-0.1, -0.05) is 0 Å². The molecule has 13 heteroatoms. The normalized spacial score (nSPS) is 18.7. The average molecular weight is 671 g/mol. The Morgan fingerprint density at radius 3 is 1.11 bits per heavy atom. The van der Waals surface area contributed by atoms with Crippen LogP contribution in [0.5, 0.6) is 0 Å². The van der Waals surface area contributed by atoms with E-state index in [1.54, 1.807) is 13.8 Å². The van der Waals surface area contributed by atoms with Crippen LogP contribution >= 0.6 is 7.26 Å². The van der Waals surface area contributed by atoms with Gasteiger partial charge in [-0.05, 0) is 0 Å². The Bertz CT molecular complexity index is 1400. The van der Waals surface area contributed by atoms with Crippen molar-refractivity contribution in [3.05, 3.63) is 113 Å². The number of hydrogen-bond donors (Lipinski definition) is 0. The summed E-state index contributed by atoms with van der Waals surface area (Å²) in [7, 11) is -4.17. The molecule has 1 unspecified atom stereocenters. The van der Waals surface area contributed by atoms with E-state index in [-0.39, 0.29) is 34.7 Å². The minimum absolute atomic E-state index is 0.112. The molecule has 4 rings (SSSR count). The molecule has 0 amide bonds. The van der Waals surface area contributed by atoms with E-state index in [2.05, 4.69) is 0 Å². The van der Waals surface area contributed by atoms with E-state index in [0.717, 1.165) is 84.9 Å². The van der Waals surface area contributed by atoms with Gasteiger partial charge in [-0.2, -0.15) is 0 Å². The summed E-state index contributed by atoms with van der Waals surface area (Å²) < 4.78 is 164. The molecule has 0 bridgehead atoms. The van der Waals surface area contributed by atoms with Gasteiger partial charge in [0.05, 0.1) is 0 Å². The fraction of sp³-hybridized carbons (Fsp3) is 0.312. The predicted octanol–water partition coefficient (Wildman–Crippen LogP) is 10.0. The maximum atomic E-state index is 13.8. The number of hydrogen-bond acceptors (Lipinski definition) is 0. The first-order valence-corrected chi connectivity index (χ1v) is 15.6. The molecular formula is C32H27F12P. The van der Waals surface area contributed by atoms with E-state index < -0.39 is 59.4 Å². The first kappa shape index (κ1) is 34.6. The second-order valence-electron chi connectivity index (χ2n) is 11.4. The van der Waals surface area contributed by atoms with Crippen molar-refractivity contribution in [2.75, 3.05) is 0 Å². The Labute approximate surface area is 251 Å². The third kappa shape index (κ3) is 6.81. The Kier molecular flexibility index (Phi) is 9.09. The van der Waals surface area contributed by atoms with Crippen molar-refractivity contribution in [3.63, 3.8) is 0 Å². The molecule has 0 nitrogen and oxygen atoms in total. The van der Waals surface area contributed by atoms with Gasteiger partial charge in [0.25, 0.3) is 0 Å². The van der Waals surface area contributed by atoms with Gasteiger partial charge in [0.15, 0.2) is 0 Å². The molecule has 0 heterocycles. The summed E-state index contributed by atoms with van der Waals surface area (Å²) in [5.41, 5.74) is -4.14. The van der Waals surface area contributed by atoms with Crippen LogP contribution < -0.4 is 15.9 Å².